The van der Waals surface area contributed by atoms with Crippen LogP contribution >= 0.6 is 0 Å². The Bertz CT molecular complexity index is 1320. The van der Waals surface area contributed by atoms with E-state index in [1.807, 2.05) is 12.1 Å². The first-order valence-corrected chi connectivity index (χ1v) is 18.0. The second-order valence-corrected chi connectivity index (χ2v) is 15.9. The van der Waals surface area contributed by atoms with E-state index in [9.17, 15) is 54.5 Å². The minimum Gasteiger partial charge on any atom is -0.508 e. The molecular formula is C37H49F9O3. The van der Waals surface area contributed by atoms with Crippen LogP contribution in [0.1, 0.15) is 133 Å². The highest BCUT2D eigenvalue weighted by atomic mass is 19.4. The molecule has 5 rings (SSSR count). The highest BCUT2D eigenvalue weighted by Gasteiger charge is 2.81. The summed E-state index contributed by atoms with van der Waals surface area (Å²) in [5.74, 6) is -19.8. The molecule has 0 radical (unpaired) electrons. The van der Waals surface area contributed by atoms with Crippen LogP contribution in [0.5, 0.6) is 5.75 Å². The molecular weight excluding hydrogens is 663 g/mol. The quantitative estimate of drug-likeness (QED) is 0.133. The van der Waals surface area contributed by atoms with E-state index in [2.05, 4.69) is 13.0 Å². The van der Waals surface area contributed by atoms with Crippen LogP contribution in [0.25, 0.3) is 0 Å². The van der Waals surface area contributed by atoms with Crippen LogP contribution in [0.4, 0.5) is 39.5 Å². The Morgan fingerprint density at radius 3 is 2.08 bits per heavy atom. The van der Waals surface area contributed by atoms with Gasteiger partial charge in [0.1, 0.15) is 5.75 Å². The van der Waals surface area contributed by atoms with E-state index in [1.54, 1.807) is 0 Å². The van der Waals surface area contributed by atoms with Crippen LogP contribution in [-0.2, 0) is 11.2 Å². The molecule has 1 aromatic rings. The van der Waals surface area contributed by atoms with Gasteiger partial charge in [0.25, 0.3) is 0 Å². The molecule has 0 bridgehead atoms. The molecule has 0 aromatic heterocycles. The summed E-state index contributed by atoms with van der Waals surface area (Å²) in [6.07, 6.45) is 5.15. The number of carbonyl (C=O) groups is 1. The number of alkyl halides is 9. The fourth-order valence-electron chi connectivity index (χ4n) is 10.3. The number of hydrogen-bond acceptors (Lipinski definition) is 2. The lowest BCUT2D eigenvalue weighted by molar-refractivity contribution is -0.396. The molecule has 0 amide bonds. The molecule has 4 aliphatic carbocycles. The molecule has 4 aliphatic rings. The standard InChI is InChI=1S/C37H49F9O3/c1-32-16-14-28-27-12-11-26(47)22-25(27)21-24(30(28)29(32)15-17-33(32)19-20-33)10-8-6-4-2-3-5-7-9-23(31(48)49)13-18-34(38,39)35(40,41)36(42,43)37(44,45)46/h11-12,22-24,28-30,47H,2-10,13-21H2,1H3,(H,48,49)/t23?,24-,28?,29?,30?,32+/m1/s1. The normalized spacial score (nSPS) is 28.5. The number of fused-ring (bicyclic) bond motifs is 6. The third-order valence-electron chi connectivity index (χ3n) is 13.3. The Morgan fingerprint density at radius 2 is 1.47 bits per heavy atom. The molecule has 2 N–H and O–H groups in total. The van der Waals surface area contributed by atoms with Crippen molar-refractivity contribution >= 4 is 5.97 Å². The molecule has 3 fully saturated rings. The number of carboxylic acid groups (broad SMARTS) is 1. The van der Waals surface area contributed by atoms with Gasteiger partial charge in [-0.1, -0.05) is 57.9 Å². The van der Waals surface area contributed by atoms with Crippen LogP contribution < -0.4 is 0 Å². The molecule has 3 saturated carbocycles. The topological polar surface area (TPSA) is 57.5 Å². The van der Waals surface area contributed by atoms with Gasteiger partial charge < -0.3 is 10.2 Å². The Kier molecular flexibility index (Phi) is 10.7. The molecule has 0 saturated heterocycles. The fourth-order valence-corrected chi connectivity index (χ4v) is 10.3. The van der Waals surface area contributed by atoms with Crippen molar-refractivity contribution in [2.24, 2.45) is 34.5 Å². The molecule has 3 nitrogen and oxygen atoms in total. The Balaban J connectivity index is 1.05. The van der Waals surface area contributed by atoms with Gasteiger partial charge in [0.2, 0.25) is 0 Å². The lowest BCUT2D eigenvalue weighted by atomic mass is 9.50. The second-order valence-electron chi connectivity index (χ2n) is 15.9. The summed E-state index contributed by atoms with van der Waals surface area (Å²) in [6, 6.07) is 5.93. The zero-order valence-corrected chi connectivity index (χ0v) is 28.1. The lowest BCUT2D eigenvalue weighted by Gasteiger charge is -2.54. The Labute approximate surface area is 282 Å². The first-order valence-electron chi connectivity index (χ1n) is 18.0. The van der Waals surface area contributed by atoms with Crippen molar-refractivity contribution in [3.05, 3.63) is 29.3 Å². The van der Waals surface area contributed by atoms with Gasteiger partial charge in [0, 0.05) is 6.42 Å². The number of carboxylic acids is 1. The van der Waals surface area contributed by atoms with E-state index in [4.69, 9.17) is 0 Å². The molecule has 12 heteroatoms. The number of phenols is 1. The highest BCUT2D eigenvalue weighted by molar-refractivity contribution is 5.69. The van der Waals surface area contributed by atoms with E-state index in [-0.39, 0.29) is 12.8 Å². The SMILES string of the molecule is C[C@]12CCC3c4ccc(O)cc4C[C@@H](CCCCCCCCCC(CCC(F)(F)C(F)(F)C(F)(F)C(F)(F)F)C(=O)O)C3C1CCC21CC1. The van der Waals surface area contributed by atoms with E-state index >= 15 is 0 Å². The van der Waals surface area contributed by atoms with Crippen molar-refractivity contribution in [3.63, 3.8) is 0 Å². The predicted octanol–water partition coefficient (Wildman–Crippen LogP) is 11.7. The fraction of sp³-hybridized carbons (Fsp3) is 0.811. The molecule has 4 unspecified atom stereocenters. The number of rotatable bonds is 16. The molecule has 278 valence electrons. The molecule has 0 aliphatic heterocycles. The molecule has 0 heterocycles. The van der Waals surface area contributed by atoms with Crippen LogP contribution in [-0.4, -0.2) is 40.1 Å². The number of halogens is 9. The van der Waals surface area contributed by atoms with Crippen molar-refractivity contribution < 1.29 is 54.5 Å². The average molecular weight is 713 g/mol. The summed E-state index contributed by atoms with van der Waals surface area (Å²) in [5, 5.41) is 19.6. The van der Waals surface area contributed by atoms with Crippen LogP contribution in [0.15, 0.2) is 18.2 Å². The summed E-state index contributed by atoms with van der Waals surface area (Å²) in [4.78, 5) is 11.5. The first kappa shape index (κ1) is 38.1. The maximum absolute atomic E-state index is 13.9. The summed E-state index contributed by atoms with van der Waals surface area (Å²) in [5.41, 5.74) is 3.69. The number of benzene rings is 1. The van der Waals surface area contributed by atoms with E-state index in [0.717, 1.165) is 50.9 Å². The van der Waals surface area contributed by atoms with E-state index in [0.29, 0.717) is 40.8 Å². The maximum Gasteiger partial charge on any atom is 0.460 e. The monoisotopic (exact) mass is 712 g/mol. The van der Waals surface area contributed by atoms with E-state index in [1.165, 1.54) is 49.7 Å². The minimum absolute atomic E-state index is 0.171. The van der Waals surface area contributed by atoms with Gasteiger partial charge in [-0.05, 0) is 122 Å². The van der Waals surface area contributed by atoms with Crippen molar-refractivity contribution in [1.82, 2.24) is 0 Å². The number of phenolic OH excluding ortho intramolecular Hbond substituents is 1. The van der Waals surface area contributed by atoms with Crippen molar-refractivity contribution in [2.45, 2.75) is 152 Å². The number of unbranched alkanes of at least 4 members (excludes halogenated alkanes) is 6. The third-order valence-corrected chi connectivity index (χ3v) is 13.3. The molecule has 1 aromatic carbocycles. The molecule has 49 heavy (non-hydrogen) atoms. The average Bonchev–Trinajstić information content (AvgIpc) is 3.75. The predicted molar refractivity (Wildman–Crippen MR) is 166 cm³/mol. The van der Waals surface area contributed by atoms with Crippen LogP contribution in [0.3, 0.4) is 0 Å². The van der Waals surface area contributed by atoms with Gasteiger partial charge >= 0.3 is 29.9 Å². The van der Waals surface area contributed by atoms with Crippen molar-refractivity contribution in [3.8, 4) is 5.75 Å². The van der Waals surface area contributed by atoms with Gasteiger partial charge in [-0.3, -0.25) is 4.79 Å². The summed E-state index contributed by atoms with van der Waals surface area (Å²) < 4.78 is 118. The first-order chi connectivity index (χ1) is 22.8. The lowest BCUT2D eigenvalue weighted by Crippen LogP contribution is -2.60. The Hall–Kier alpha value is -2.14. The van der Waals surface area contributed by atoms with Crippen molar-refractivity contribution in [1.29, 1.82) is 0 Å². The zero-order valence-electron chi connectivity index (χ0n) is 28.1. The Morgan fingerprint density at radius 1 is 0.837 bits per heavy atom. The molecule has 6 atom stereocenters. The van der Waals surface area contributed by atoms with Gasteiger partial charge in [0.15, 0.2) is 0 Å². The molecule has 1 spiro atoms. The second kappa shape index (κ2) is 13.8. The number of aliphatic carboxylic acids is 1. The maximum atomic E-state index is 13.9. The highest BCUT2D eigenvalue weighted by Crippen LogP contribution is 2.76. The summed E-state index contributed by atoms with van der Waals surface area (Å²) in [6.45, 7) is 2.56. The summed E-state index contributed by atoms with van der Waals surface area (Å²) >= 11 is 0. The van der Waals surface area contributed by atoms with Gasteiger partial charge in [-0.2, -0.15) is 39.5 Å². The van der Waals surface area contributed by atoms with Crippen LogP contribution in [0.2, 0.25) is 0 Å². The number of aromatic hydroxyl groups is 1. The van der Waals surface area contributed by atoms with E-state index < -0.39 is 48.7 Å². The largest absolute Gasteiger partial charge is 0.508 e. The van der Waals surface area contributed by atoms with Crippen molar-refractivity contribution in [2.75, 3.05) is 0 Å². The van der Waals surface area contributed by atoms with Gasteiger partial charge in [0.05, 0.1) is 5.92 Å². The van der Waals surface area contributed by atoms with Crippen LogP contribution in [0, 0.1) is 34.5 Å². The summed E-state index contributed by atoms with van der Waals surface area (Å²) in [7, 11) is 0. The van der Waals surface area contributed by atoms with Gasteiger partial charge in [-0.15, -0.1) is 0 Å². The van der Waals surface area contributed by atoms with Gasteiger partial charge in [-0.25, -0.2) is 0 Å². The smallest absolute Gasteiger partial charge is 0.460 e. The minimum atomic E-state index is -6.97. The number of hydrogen-bond donors (Lipinski definition) is 2. The third kappa shape index (κ3) is 7.05. The zero-order chi connectivity index (χ0) is 36.0.